The lowest BCUT2D eigenvalue weighted by molar-refractivity contribution is -0.124. The minimum absolute atomic E-state index is 0.0923. The molecule has 28 heavy (non-hydrogen) atoms. The van der Waals surface area contributed by atoms with Gasteiger partial charge >= 0.3 is 0 Å². The molecule has 2 amide bonds. The maximum atomic E-state index is 14.1. The quantitative estimate of drug-likeness (QED) is 0.759. The first-order valence-electron chi connectivity index (χ1n) is 9.52. The number of hydrogen-bond acceptors (Lipinski definition) is 2. The summed E-state index contributed by atoms with van der Waals surface area (Å²) in [6, 6.07) is 13.1. The fourth-order valence-electron chi connectivity index (χ4n) is 3.07. The topological polar surface area (TPSA) is 58.2 Å². The summed E-state index contributed by atoms with van der Waals surface area (Å²) in [5, 5.41) is 5.70. The Hall–Kier alpha value is -2.69. The third-order valence-corrected chi connectivity index (χ3v) is 4.82. The highest BCUT2D eigenvalue weighted by atomic mass is 19.1. The molecule has 0 bridgehead atoms. The largest absolute Gasteiger partial charge is 0.353 e. The maximum absolute atomic E-state index is 14.1. The van der Waals surface area contributed by atoms with Crippen molar-refractivity contribution < 1.29 is 14.0 Å². The van der Waals surface area contributed by atoms with Gasteiger partial charge in [-0.15, -0.1) is 0 Å². The molecule has 0 heterocycles. The summed E-state index contributed by atoms with van der Waals surface area (Å²) < 4.78 is 14.1. The highest BCUT2D eigenvalue weighted by Gasteiger charge is 2.29. The van der Waals surface area contributed by atoms with Crippen LogP contribution in [-0.4, -0.2) is 24.4 Å². The number of rotatable bonds is 7. The van der Waals surface area contributed by atoms with E-state index in [1.807, 2.05) is 46.8 Å². The van der Waals surface area contributed by atoms with Gasteiger partial charge in [-0.1, -0.05) is 63.6 Å². The van der Waals surface area contributed by atoms with Gasteiger partial charge in [0.25, 0.3) is 5.91 Å². The molecule has 0 saturated heterocycles. The van der Waals surface area contributed by atoms with Crippen LogP contribution in [0.4, 0.5) is 4.39 Å². The van der Waals surface area contributed by atoms with E-state index in [1.165, 1.54) is 6.07 Å². The Morgan fingerprint density at radius 3 is 2.36 bits per heavy atom. The molecule has 0 spiro atoms. The van der Waals surface area contributed by atoms with Gasteiger partial charge in [-0.2, -0.15) is 0 Å². The van der Waals surface area contributed by atoms with Crippen LogP contribution in [0.2, 0.25) is 0 Å². The number of amides is 2. The summed E-state index contributed by atoms with van der Waals surface area (Å²) >= 11 is 0. The van der Waals surface area contributed by atoms with Crippen molar-refractivity contribution in [3.63, 3.8) is 0 Å². The first-order valence-corrected chi connectivity index (χ1v) is 9.52. The van der Waals surface area contributed by atoms with E-state index in [4.69, 9.17) is 0 Å². The van der Waals surface area contributed by atoms with Crippen molar-refractivity contribution >= 4 is 11.8 Å². The molecule has 0 aromatic heterocycles. The van der Waals surface area contributed by atoms with Crippen LogP contribution in [0.25, 0.3) is 0 Å². The lowest BCUT2D eigenvalue weighted by atomic mass is 9.84. The van der Waals surface area contributed by atoms with Crippen molar-refractivity contribution in [1.29, 1.82) is 0 Å². The summed E-state index contributed by atoms with van der Waals surface area (Å²) in [5.41, 5.74) is 1.46. The minimum atomic E-state index is -0.676. The molecule has 2 N–H and O–H groups in total. The number of aryl methyl sites for hydroxylation is 1. The molecule has 150 valence electrons. The van der Waals surface area contributed by atoms with E-state index >= 15 is 0 Å². The Bertz CT molecular complexity index is 846. The third kappa shape index (κ3) is 5.41. The summed E-state index contributed by atoms with van der Waals surface area (Å²) in [5.74, 6) is -0.952. The first-order chi connectivity index (χ1) is 13.1. The number of halogens is 1. The van der Waals surface area contributed by atoms with Gasteiger partial charge in [0.05, 0.1) is 0 Å². The van der Waals surface area contributed by atoms with E-state index < -0.39 is 11.5 Å². The van der Waals surface area contributed by atoms with Crippen molar-refractivity contribution in [2.45, 2.75) is 46.1 Å². The first kappa shape index (κ1) is 21.6. The van der Waals surface area contributed by atoms with Gasteiger partial charge in [0.1, 0.15) is 11.9 Å². The smallest absolute Gasteiger partial charge is 0.251 e. The van der Waals surface area contributed by atoms with Crippen LogP contribution in [0.1, 0.15) is 49.2 Å². The van der Waals surface area contributed by atoms with Gasteiger partial charge in [-0.05, 0) is 36.6 Å². The summed E-state index contributed by atoms with van der Waals surface area (Å²) in [7, 11) is 0. The predicted molar refractivity (Wildman–Crippen MR) is 110 cm³/mol. The molecule has 1 atom stereocenters. The molecule has 4 nitrogen and oxygen atoms in total. The summed E-state index contributed by atoms with van der Waals surface area (Å²) in [6.07, 6.45) is 0. The molecule has 0 aliphatic carbocycles. The van der Waals surface area contributed by atoms with Gasteiger partial charge in [0.2, 0.25) is 5.91 Å². The highest BCUT2D eigenvalue weighted by Crippen LogP contribution is 2.25. The molecule has 1 unspecified atom stereocenters. The van der Waals surface area contributed by atoms with Crippen LogP contribution < -0.4 is 10.6 Å². The maximum Gasteiger partial charge on any atom is 0.251 e. The molecule has 0 radical (unpaired) electrons. The third-order valence-electron chi connectivity index (χ3n) is 4.82. The number of carbonyl (C=O) groups is 2. The Balaban J connectivity index is 2.07. The molecule has 2 aromatic carbocycles. The summed E-state index contributed by atoms with van der Waals surface area (Å²) in [4.78, 5) is 25.3. The molecule has 0 saturated carbocycles. The zero-order valence-corrected chi connectivity index (χ0v) is 17.2. The Morgan fingerprint density at radius 2 is 1.75 bits per heavy atom. The molecule has 0 aliphatic heterocycles. The summed E-state index contributed by atoms with van der Waals surface area (Å²) in [6.45, 7) is 9.68. The molecule has 2 rings (SSSR count). The zero-order chi connectivity index (χ0) is 20.9. The standard InChI is InChI=1S/C23H29FN2O2/c1-15(2)20(26-21(27)17-10-8-9-16(3)13-17)22(28)25-14-23(4,5)18-11-6-7-12-19(18)24/h6-13,15,20H,14H2,1-5H3,(H,25,28)(H,26,27). The molecule has 0 fully saturated rings. The van der Waals surface area contributed by atoms with E-state index in [1.54, 1.807) is 30.3 Å². The Labute approximate surface area is 166 Å². The van der Waals surface area contributed by atoms with Gasteiger partial charge in [-0.3, -0.25) is 9.59 Å². The Kier molecular flexibility index (Phi) is 6.95. The predicted octanol–water partition coefficient (Wildman–Crippen LogP) is 3.98. The van der Waals surface area contributed by atoms with E-state index in [9.17, 15) is 14.0 Å². The van der Waals surface area contributed by atoms with Crippen LogP contribution in [0.3, 0.4) is 0 Å². The number of carbonyl (C=O) groups excluding carboxylic acids is 2. The van der Waals surface area contributed by atoms with E-state index in [-0.39, 0.29) is 30.1 Å². The fourth-order valence-corrected chi connectivity index (χ4v) is 3.07. The second-order valence-electron chi connectivity index (χ2n) is 8.15. The van der Waals surface area contributed by atoms with E-state index in [2.05, 4.69) is 10.6 Å². The monoisotopic (exact) mass is 384 g/mol. The normalized spacial score (nSPS) is 12.5. The van der Waals surface area contributed by atoms with Gasteiger partial charge in [0.15, 0.2) is 0 Å². The molecular weight excluding hydrogens is 355 g/mol. The molecule has 5 heteroatoms. The number of nitrogens with one attached hydrogen (secondary N) is 2. The van der Waals surface area contributed by atoms with E-state index in [0.717, 1.165) is 5.56 Å². The minimum Gasteiger partial charge on any atom is -0.353 e. The van der Waals surface area contributed by atoms with Gasteiger partial charge < -0.3 is 10.6 Å². The Morgan fingerprint density at radius 1 is 1.07 bits per heavy atom. The highest BCUT2D eigenvalue weighted by molar-refractivity contribution is 5.97. The van der Waals surface area contributed by atoms with Crippen molar-refractivity contribution in [3.8, 4) is 0 Å². The number of benzene rings is 2. The van der Waals surface area contributed by atoms with Gasteiger partial charge in [0, 0.05) is 17.5 Å². The van der Waals surface area contributed by atoms with E-state index in [0.29, 0.717) is 11.1 Å². The molecule has 0 aliphatic rings. The average Bonchev–Trinajstić information content (AvgIpc) is 2.64. The average molecular weight is 384 g/mol. The van der Waals surface area contributed by atoms with Crippen LogP contribution in [0.15, 0.2) is 48.5 Å². The van der Waals surface area contributed by atoms with Crippen LogP contribution >= 0.6 is 0 Å². The zero-order valence-electron chi connectivity index (χ0n) is 17.2. The molecular formula is C23H29FN2O2. The van der Waals surface area contributed by atoms with Crippen LogP contribution in [-0.2, 0) is 10.2 Å². The van der Waals surface area contributed by atoms with Crippen LogP contribution in [0.5, 0.6) is 0 Å². The van der Waals surface area contributed by atoms with Crippen molar-refractivity contribution in [1.82, 2.24) is 10.6 Å². The second kappa shape index (κ2) is 9.00. The fraction of sp³-hybridized carbons (Fsp3) is 0.391. The van der Waals surface area contributed by atoms with Crippen molar-refractivity contribution in [2.75, 3.05) is 6.54 Å². The lowest BCUT2D eigenvalue weighted by Gasteiger charge is -2.28. The SMILES string of the molecule is Cc1cccc(C(=O)NC(C(=O)NCC(C)(C)c2ccccc2F)C(C)C)c1. The van der Waals surface area contributed by atoms with Crippen molar-refractivity contribution in [3.05, 3.63) is 71.0 Å². The number of hydrogen-bond donors (Lipinski definition) is 2. The van der Waals surface area contributed by atoms with Crippen LogP contribution in [0, 0.1) is 18.7 Å². The second-order valence-corrected chi connectivity index (χ2v) is 8.15. The van der Waals surface area contributed by atoms with Crippen molar-refractivity contribution in [2.24, 2.45) is 5.92 Å². The van der Waals surface area contributed by atoms with Gasteiger partial charge in [-0.25, -0.2) is 4.39 Å². The molecule has 2 aromatic rings. The lowest BCUT2D eigenvalue weighted by Crippen LogP contribution is -2.51.